The number of hydrogen-bond donors (Lipinski definition) is 2. The summed E-state index contributed by atoms with van der Waals surface area (Å²) in [7, 11) is 2.19. The molecule has 6 heteroatoms. The van der Waals surface area contributed by atoms with Crippen molar-refractivity contribution in [2.24, 2.45) is 0 Å². The van der Waals surface area contributed by atoms with Crippen LogP contribution in [0, 0.1) is 0 Å². The van der Waals surface area contributed by atoms with Crippen molar-refractivity contribution in [2.75, 3.05) is 7.05 Å². The molecule has 2 fully saturated rings. The van der Waals surface area contributed by atoms with E-state index in [2.05, 4.69) is 11.9 Å². The van der Waals surface area contributed by atoms with Crippen molar-refractivity contribution >= 4 is 30.0 Å². The Morgan fingerprint density at radius 2 is 1.91 bits per heavy atom. The molecule has 0 spiro atoms. The number of aliphatic hydroxyl groups excluding tert-OH is 1. The summed E-state index contributed by atoms with van der Waals surface area (Å²) in [5.41, 5.74) is 0.727. The average Bonchev–Trinajstić information content (AvgIpc) is 2.61. The van der Waals surface area contributed by atoms with Crippen molar-refractivity contribution in [3.63, 3.8) is 0 Å². The number of fused-ring (bicyclic) bond motifs is 2. The molecule has 2 bridgehead atoms. The Morgan fingerprint density at radius 1 is 1.32 bits per heavy atom. The Balaban J connectivity index is 0.000000211. The van der Waals surface area contributed by atoms with Crippen molar-refractivity contribution in [3.8, 4) is 0 Å². The van der Waals surface area contributed by atoms with E-state index >= 15 is 0 Å². The first-order valence-corrected chi connectivity index (χ1v) is 7.69. The highest BCUT2D eigenvalue weighted by Gasteiger charge is 2.37. The van der Waals surface area contributed by atoms with Gasteiger partial charge in [-0.15, -0.1) is 12.4 Å². The van der Waals surface area contributed by atoms with Crippen LogP contribution in [-0.2, 0) is 11.2 Å². The number of rotatable bonds is 2. The highest BCUT2D eigenvalue weighted by atomic mass is 35.5. The molecule has 0 aromatic heterocycles. The van der Waals surface area contributed by atoms with E-state index in [1.165, 1.54) is 12.8 Å². The Hall–Kier alpha value is -0.810. The largest absolute Gasteiger partial charge is 0.481 e. The minimum absolute atomic E-state index is 0. The molecule has 2 N–H and O–H groups in total. The summed E-state index contributed by atoms with van der Waals surface area (Å²) in [5.74, 6) is -0.840. The molecular formula is C16H23Cl2NO3. The molecule has 2 aliphatic rings. The van der Waals surface area contributed by atoms with Gasteiger partial charge in [0, 0.05) is 17.1 Å². The van der Waals surface area contributed by atoms with Crippen LogP contribution in [0.4, 0.5) is 0 Å². The van der Waals surface area contributed by atoms with E-state index in [0.717, 1.165) is 18.4 Å². The highest BCUT2D eigenvalue weighted by Crippen LogP contribution is 2.33. The molecule has 2 saturated heterocycles. The van der Waals surface area contributed by atoms with Crippen LogP contribution in [0.3, 0.4) is 0 Å². The van der Waals surface area contributed by atoms with E-state index in [1.54, 1.807) is 24.3 Å². The molecule has 2 aliphatic heterocycles. The van der Waals surface area contributed by atoms with Crippen molar-refractivity contribution in [1.82, 2.24) is 4.90 Å². The van der Waals surface area contributed by atoms with Gasteiger partial charge in [0.15, 0.2) is 0 Å². The predicted molar refractivity (Wildman–Crippen MR) is 89.9 cm³/mol. The molecule has 3 atom stereocenters. The standard InChI is InChI=1S/C8H7ClO2.C8H15NO.ClH/c9-7-3-1-2-6(4-7)5-8(10)11;1-9-6-2-3-7(9)5-8(10)4-6;/h1-4H,5H2,(H,10,11);6-8,10H,2-5H2,1H3;1H/t;6-,7+,8?;. The van der Waals surface area contributed by atoms with Crippen LogP contribution in [0.5, 0.6) is 0 Å². The zero-order valence-corrected chi connectivity index (χ0v) is 14.2. The lowest BCUT2D eigenvalue weighted by Gasteiger charge is -2.33. The molecule has 0 saturated carbocycles. The Bertz CT molecular complexity index is 484. The predicted octanol–water partition coefficient (Wildman–Crippen LogP) is 2.99. The summed E-state index contributed by atoms with van der Waals surface area (Å²) in [6.45, 7) is 0. The van der Waals surface area contributed by atoms with Gasteiger partial charge < -0.3 is 15.1 Å². The smallest absolute Gasteiger partial charge is 0.307 e. The minimum atomic E-state index is -0.840. The number of carboxylic acids is 1. The van der Waals surface area contributed by atoms with Gasteiger partial charge in [0.1, 0.15) is 0 Å². The molecule has 4 nitrogen and oxygen atoms in total. The molecule has 0 aliphatic carbocycles. The molecular weight excluding hydrogens is 325 g/mol. The van der Waals surface area contributed by atoms with Gasteiger partial charge in [-0.05, 0) is 50.4 Å². The second kappa shape index (κ2) is 8.73. The number of nitrogens with zero attached hydrogens (tertiary/aromatic N) is 1. The third kappa shape index (κ3) is 5.43. The van der Waals surface area contributed by atoms with E-state index < -0.39 is 5.97 Å². The number of benzene rings is 1. The fraction of sp³-hybridized carbons (Fsp3) is 0.562. The number of piperidine rings is 1. The number of halogens is 2. The monoisotopic (exact) mass is 347 g/mol. The number of hydrogen-bond acceptors (Lipinski definition) is 3. The number of carboxylic acid groups (broad SMARTS) is 1. The Kier molecular flexibility index (Phi) is 7.63. The zero-order valence-electron chi connectivity index (χ0n) is 12.6. The maximum absolute atomic E-state index is 10.2. The van der Waals surface area contributed by atoms with Gasteiger partial charge in [-0.2, -0.15) is 0 Å². The zero-order chi connectivity index (χ0) is 15.4. The first-order valence-electron chi connectivity index (χ1n) is 7.32. The SMILES string of the molecule is CN1[C@@H]2CC[C@H]1CC(O)C2.Cl.O=C(O)Cc1cccc(Cl)c1. The van der Waals surface area contributed by atoms with Gasteiger partial charge in [-0.1, -0.05) is 23.7 Å². The van der Waals surface area contributed by atoms with Crippen molar-refractivity contribution in [2.45, 2.75) is 50.3 Å². The Labute approximate surface area is 142 Å². The van der Waals surface area contributed by atoms with E-state index in [1.807, 2.05) is 0 Å². The summed E-state index contributed by atoms with van der Waals surface area (Å²) in [5, 5.41) is 18.4. The van der Waals surface area contributed by atoms with Gasteiger partial charge in [0.05, 0.1) is 12.5 Å². The van der Waals surface area contributed by atoms with Crippen LogP contribution in [-0.4, -0.2) is 46.3 Å². The fourth-order valence-electron chi connectivity index (χ4n) is 3.20. The molecule has 0 radical (unpaired) electrons. The van der Waals surface area contributed by atoms with Crippen LogP contribution >= 0.6 is 24.0 Å². The molecule has 22 heavy (non-hydrogen) atoms. The molecule has 1 aromatic rings. The molecule has 2 heterocycles. The van der Waals surface area contributed by atoms with Crippen LogP contribution in [0.1, 0.15) is 31.2 Å². The summed E-state index contributed by atoms with van der Waals surface area (Å²) in [6.07, 6.45) is 4.64. The molecule has 1 aromatic carbocycles. The van der Waals surface area contributed by atoms with Crippen molar-refractivity contribution in [3.05, 3.63) is 34.9 Å². The number of aliphatic hydroxyl groups is 1. The maximum Gasteiger partial charge on any atom is 0.307 e. The molecule has 0 amide bonds. The van der Waals surface area contributed by atoms with Crippen LogP contribution < -0.4 is 0 Å². The maximum atomic E-state index is 10.2. The lowest BCUT2D eigenvalue weighted by molar-refractivity contribution is -0.136. The summed E-state index contributed by atoms with van der Waals surface area (Å²) >= 11 is 5.64. The van der Waals surface area contributed by atoms with Gasteiger partial charge in [0.25, 0.3) is 0 Å². The average molecular weight is 348 g/mol. The number of carbonyl (C=O) groups is 1. The normalized spacial score (nSPS) is 26.6. The van der Waals surface area contributed by atoms with E-state index in [-0.39, 0.29) is 24.9 Å². The fourth-order valence-corrected chi connectivity index (χ4v) is 3.42. The number of aliphatic carboxylic acids is 1. The molecule has 124 valence electrons. The lowest BCUT2D eigenvalue weighted by atomic mass is 10.0. The van der Waals surface area contributed by atoms with Crippen molar-refractivity contribution in [1.29, 1.82) is 0 Å². The van der Waals surface area contributed by atoms with Crippen LogP contribution in [0.15, 0.2) is 24.3 Å². The second-order valence-electron chi connectivity index (χ2n) is 5.88. The van der Waals surface area contributed by atoms with Gasteiger partial charge in [0.2, 0.25) is 0 Å². The minimum Gasteiger partial charge on any atom is -0.481 e. The van der Waals surface area contributed by atoms with E-state index in [9.17, 15) is 9.90 Å². The quantitative estimate of drug-likeness (QED) is 0.863. The Morgan fingerprint density at radius 3 is 2.41 bits per heavy atom. The van der Waals surface area contributed by atoms with E-state index in [0.29, 0.717) is 17.1 Å². The second-order valence-corrected chi connectivity index (χ2v) is 6.31. The topological polar surface area (TPSA) is 60.8 Å². The van der Waals surface area contributed by atoms with Gasteiger partial charge >= 0.3 is 5.97 Å². The summed E-state index contributed by atoms with van der Waals surface area (Å²) < 4.78 is 0. The van der Waals surface area contributed by atoms with Gasteiger partial charge in [-0.3, -0.25) is 4.79 Å². The van der Waals surface area contributed by atoms with E-state index in [4.69, 9.17) is 16.7 Å². The van der Waals surface area contributed by atoms with Gasteiger partial charge in [-0.25, -0.2) is 0 Å². The highest BCUT2D eigenvalue weighted by molar-refractivity contribution is 6.30. The summed E-state index contributed by atoms with van der Waals surface area (Å²) in [4.78, 5) is 12.7. The van der Waals surface area contributed by atoms with Crippen molar-refractivity contribution < 1.29 is 15.0 Å². The summed E-state index contributed by atoms with van der Waals surface area (Å²) in [6, 6.07) is 8.21. The first-order chi connectivity index (χ1) is 9.95. The first kappa shape index (κ1) is 19.2. The van der Waals surface area contributed by atoms with Crippen LogP contribution in [0.2, 0.25) is 5.02 Å². The third-order valence-corrected chi connectivity index (χ3v) is 4.55. The third-order valence-electron chi connectivity index (χ3n) is 4.32. The van der Waals surface area contributed by atoms with Crippen LogP contribution in [0.25, 0.3) is 0 Å². The molecule has 3 rings (SSSR count). The lowest BCUT2D eigenvalue weighted by Crippen LogP contribution is -2.41. The molecule has 1 unspecified atom stereocenters.